The summed E-state index contributed by atoms with van der Waals surface area (Å²) in [6.45, 7) is 4.97. The van der Waals surface area contributed by atoms with Gasteiger partial charge in [-0.2, -0.15) is 0 Å². The molecule has 214 valence electrons. The van der Waals surface area contributed by atoms with Crippen molar-refractivity contribution in [3.63, 3.8) is 0 Å². The molecule has 2 amide bonds. The number of carbonyl (C=O) groups excluding carboxylic acids is 2. The molecule has 3 rings (SSSR count). The number of sulfonamides is 1. The summed E-state index contributed by atoms with van der Waals surface area (Å²) in [6, 6.07) is 18.3. The zero-order valence-corrected chi connectivity index (χ0v) is 25.6. The van der Waals surface area contributed by atoms with Gasteiger partial charge in [-0.3, -0.25) is 13.9 Å². The van der Waals surface area contributed by atoms with E-state index in [1.54, 1.807) is 55.5 Å². The third-order valence-electron chi connectivity index (χ3n) is 6.50. The fourth-order valence-electron chi connectivity index (χ4n) is 4.09. The molecule has 0 unspecified atom stereocenters. The second-order valence-electron chi connectivity index (χ2n) is 9.25. The molecule has 0 fully saturated rings. The van der Waals surface area contributed by atoms with Crippen LogP contribution in [0.5, 0.6) is 0 Å². The molecule has 0 saturated carbocycles. The average Bonchev–Trinajstić information content (AvgIpc) is 2.94. The zero-order chi connectivity index (χ0) is 29.4. The quantitative estimate of drug-likeness (QED) is 0.247. The van der Waals surface area contributed by atoms with Crippen LogP contribution >= 0.6 is 34.8 Å². The highest BCUT2D eigenvalue weighted by atomic mass is 35.5. The predicted molar refractivity (Wildman–Crippen MR) is 161 cm³/mol. The molecule has 2 atom stereocenters. The van der Waals surface area contributed by atoms with Crippen LogP contribution in [-0.4, -0.2) is 43.8 Å². The van der Waals surface area contributed by atoms with E-state index in [0.29, 0.717) is 23.4 Å². The highest BCUT2D eigenvalue weighted by Gasteiger charge is 2.35. The number of anilines is 1. The van der Waals surface area contributed by atoms with Crippen molar-refractivity contribution >= 4 is 62.3 Å². The molecule has 0 aliphatic rings. The van der Waals surface area contributed by atoms with E-state index >= 15 is 0 Å². The van der Waals surface area contributed by atoms with Gasteiger partial charge in [0.2, 0.25) is 11.8 Å². The van der Waals surface area contributed by atoms with Crippen molar-refractivity contribution in [2.45, 2.75) is 57.1 Å². The topological polar surface area (TPSA) is 86.8 Å². The van der Waals surface area contributed by atoms with Crippen molar-refractivity contribution in [2.24, 2.45) is 0 Å². The van der Waals surface area contributed by atoms with Crippen LogP contribution in [0.15, 0.2) is 77.7 Å². The first-order valence-electron chi connectivity index (χ1n) is 12.9. The van der Waals surface area contributed by atoms with Crippen LogP contribution in [0.25, 0.3) is 0 Å². The van der Waals surface area contributed by atoms with E-state index in [1.165, 1.54) is 29.2 Å². The predicted octanol–water partition coefficient (Wildman–Crippen LogP) is 6.56. The van der Waals surface area contributed by atoms with Gasteiger partial charge < -0.3 is 10.2 Å². The number of hydrogen-bond acceptors (Lipinski definition) is 4. The minimum absolute atomic E-state index is 0.00651. The van der Waals surface area contributed by atoms with E-state index in [-0.39, 0.29) is 39.1 Å². The molecule has 0 aliphatic carbocycles. The first-order chi connectivity index (χ1) is 19.0. The third kappa shape index (κ3) is 7.49. The molecule has 0 radical (unpaired) electrons. The summed E-state index contributed by atoms with van der Waals surface area (Å²) in [4.78, 5) is 28.8. The maximum Gasteiger partial charge on any atom is 0.264 e. The monoisotopic (exact) mass is 623 g/mol. The van der Waals surface area contributed by atoms with Crippen LogP contribution in [0.1, 0.15) is 39.2 Å². The van der Waals surface area contributed by atoms with Crippen LogP contribution in [-0.2, 0) is 26.2 Å². The van der Waals surface area contributed by atoms with Crippen LogP contribution in [0, 0.1) is 0 Å². The number of nitrogens with one attached hydrogen (secondary N) is 1. The largest absolute Gasteiger partial charge is 0.352 e. The van der Waals surface area contributed by atoms with Gasteiger partial charge in [0, 0.05) is 17.6 Å². The molecule has 0 heterocycles. The van der Waals surface area contributed by atoms with Crippen molar-refractivity contribution in [3.05, 3.63) is 93.4 Å². The Kier molecular flexibility index (Phi) is 11.3. The van der Waals surface area contributed by atoms with Crippen LogP contribution in [0.4, 0.5) is 5.69 Å². The number of amides is 2. The second kappa shape index (κ2) is 14.2. The minimum atomic E-state index is -4.26. The maximum absolute atomic E-state index is 14.1. The Morgan fingerprint density at radius 1 is 0.850 bits per heavy atom. The fraction of sp³-hybridized carbons (Fsp3) is 0.310. The molecule has 40 heavy (non-hydrogen) atoms. The first-order valence-corrected chi connectivity index (χ1v) is 15.4. The van der Waals surface area contributed by atoms with Crippen LogP contribution in [0.3, 0.4) is 0 Å². The highest BCUT2D eigenvalue weighted by Crippen LogP contribution is 2.35. The Bertz CT molecular complexity index is 1440. The van der Waals surface area contributed by atoms with E-state index in [2.05, 4.69) is 5.32 Å². The molecule has 3 aromatic rings. The van der Waals surface area contributed by atoms with Gasteiger partial charge >= 0.3 is 0 Å². The Morgan fingerprint density at radius 2 is 1.48 bits per heavy atom. The summed E-state index contributed by atoms with van der Waals surface area (Å²) in [5.74, 6) is -0.947. The lowest BCUT2D eigenvalue weighted by molar-refractivity contribution is -0.140. The third-order valence-corrected chi connectivity index (χ3v) is 9.45. The van der Waals surface area contributed by atoms with Gasteiger partial charge in [0.05, 0.1) is 20.6 Å². The fourth-order valence-corrected chi connectivity index (χ4v) is 6.18. The van der Waals surface area contributed by atoms with Crippen LogP contribution in [0.2, 0.25) is 15.1 Å². The maximum atomic E-state index is 14.1. The Hall–Kier alpha value is -2.78. The van der Waals surface area contributed by atoms with Gasteiger partial charge in [-0.05, 0) is 55.7 Å². The van der Waals surface area contributed by atoms with E-state index in [4.69, 9.17) is 34.8 Å². The summed E-state index contributed by atoms with van der Waals surface area (Å²) < 4.78 is 28.7. The molecular weight excluding hydrogens is 593 g/mol. The first kappa shape index (κ1) is 31.7. The summed E-state index contributed by atoms with van der Waals surface area (Å²) >= 11 is 19.1. The van der Waals surface area contributed by atoms with E-state index in [9.17, 15) is 18.0 Å². The van der Waals surface area contributed by atoms with Gasteiger partial charge in [-0.1, -0.05) is 91.1 Å². The normalized spacial score (nSPS) is 12.8. The Morgan fingerprint density at radius 3 is 2.10 bits per heavy atom. The number of halogens is 3. The smallest absolute Gasteiger partial charge is 0.264 e. The summed E-state index contributed by atoms with van der Waals surface area (Å²) in [5, 5.41) is 3.47. The van der Waals surface area contributed by atoms with E-state index < -0.39 is 28.5 Å². The summed E-state index contributed by atoms with van der Waals surface area (Å²) in [6.07, 6.45) is 0.999. The molecule has 0 bridgehead atoms. The number of nitrogens with zero attached hydrogens (tertiary/aromatic N) is 2. The van der Waals surface area contributed by atoms with Crippen molar-refractivity contribution in [2.75, 3.05) is 10.8 Å². The van der Waals surface area contributed by atoms with E-state index in [0.717, 1.165) is 4.31 Å². The van der Waals surface area contributed by atoms with Gasteiger partial charge in [0.1, 0.15) is 12.6 Å². The molecule has 0 spiro atoms. The minimum Gasteiger partial charge on any atom is -0.352 e. The number of rotatable bonds is 12. The molecule has 11 heteroatoms. The van der Waals surface area contributed by atoms with Crippen LogP contribution < -0.4 is 9.62 Å². The molecule has 1 N–H and O–H groups in total. The zero-order valence-electron chi connectivity index (χ0n) is 22.5. The van der Waals surface area contributed by atoms with Gasteiger partial charge in [0.15, 0.2) is 0 Å². The summed E-state index contributed by atoms with van der Waals surface area (Å²) in [7, 11) is -4.26. The molecular formula is C29H32Cl3N3O4S. The molecule has 0 aliphatic heterocycles. The Balaban J connectivity index is 2.10. The number of benzene rings is 3. The van der Waals surface area contributed by atoms with E-state index in [1.807, 2.05) is 13.8 Å². The lowest BCUT2D eigenvalue weighted by Crippen LogP contribution is -2.53. The number of hydrogen-bond donors (Lipinski definition) is 1. The van der Waals surface area contributed by atoms with Crippen molar-refractivity contribution in [3.8, 4) is 0 Å². The van der Waals surface area contributed by atoms with Gasteiger partial charge in [0.25, 0.3) is 10.0 Å². The van der Waals surface area contributed by atoms with Gasteiger partial charge in [-0.25, -0.2) is 8.42 Å². The standard InChI is InChI=1S/C29H32Cl3N3O4S/c1-4-20(3)33-29(37)25(5-2)34(18-21-12-9-10-15-23(21)30)27(36)19-35(26-17-11-16-24(31)28(26)32)40(38,39)22-13-7-6-8-14-22/h6-17,20,25H,4-5,18-19H2,1-3H3,(H,33,37)/t20-,25-/m0/s1. The lowest BCUT2D eigenvalue weighted by Gasteiger charge is -2.34. The van der Waals surface area contributed by atoms with Gasteiger partial charge in [-0.15, -0.1) is 0 Å². The number of carbonyl (C=O) groups is 2. The average molecular weight is 625 g/mol. The van der Waals surface area contributed by atoms with Crippen molar-refractivity contribution in [1.82, 2.24) is 10.2 Å². The second-order valence-corrected chi connectivity index (χ2v) is 12.3. The Labute approximate surface area is 251 Å². The molecule has 3 aromatic carbocycles. The highest BCUT2D eigenvalue weighted by molar-refractivity contribution is 7.92. The van der Waals surface area contributed by atoms with Crippen molar-refractivity contribution < 1.29 is 18.0 Å². The molecule has 0 aromatic heterocycles. The molecule has 7 nitrogen and oxygen atoms in total. The SMILES string of the molecule is CC[C@H](C)NC(=O)[C@H](CC)N(Cc1ccccc1Cl)C(=O)CN(c1cccc(Cl)c1Cl)S(=O)(=O)c1ccccc1. The molecule has 0 saturated heterocycles. The van der Waals surface area contributed by atoms with Crippen molar-refractivity contribution in [1.29, 1.82) is 0 Å². The summed E-state index contributed by atoms with van der Waals surface area (Å²) in [5.41, 5.74) is 0.659. The lowest BCUT2D eigenvalue weighted by atomic mass is 10.1.